The minimum absolute atomic E-state index is 0.0330. The molecule has 0 fully saturated rings. The van der Waals surface area contributed by atoms with Gasteiger partial charge in [0.05, 0.1) is 0 Å². The molecule has 10 nitrogen and oxygen atoms in total. The molecule has 0 bridgehead atoms. The second-order valence-corrected chi connectivity index (χ2v) is 6.13. The van der Waals surface area contributed by atoms with Crippen LogP contribution in [0.25, 0.3) is 0 Å². The number of nitrogens with two attached hydrogens (primary N) is 4. The normalized spacial score (nSPS) is 13.7. The lowest BCUT2D eigenvalue weighted by molar-refractivity contribution is 0.674. The molecule has 0 aliphatic carbocycles. The average molecular weight is 383 g/mol. The molecule has 10 heteroatoms. The van der Waals surface area contributed by atoms with Crippen molar-refractivity contribution >= 4 is 23.8 Å². The standard InChI is InChI=1S/C17H38N10/c1-3-5-7-9-11-22-14(18)26-16(20)24-13-25-17(21)27-15(19)23-12-10-8-6-4-2/h3-13H2,1-2H3,(H5,18,20,22,24,26)(H5,19,21,23,25,27). The number of hydrogen-bond acceptors (Lipinski definition) is 4. The second kappa shape index (κ2) is 16.9. The predicted octanol–water partition coefficient (Wildman–Crippen LogP) is 0.543. The van der Waals surface area contributed by atoms with Gasteiger partial charge in [-0.05, 0) is 12.8 Å². The molecule has 0 aromatic rings. The molecule has 0 saturated carbocycles. The number of rotatable bonds is 12. The van der Waals surface area contributed by atoms with Gasteiger partial charge in [-0.2, -0.15) is 0 Å². The number of nitrogens with zero attached hydrogens (tertiary/aromatic N) is 4. The van der Waals surface area contributed by atoms with Crippen molar-refractivity contribution in [2.75, 3.05) is 19.8 Å². The molecule has 0 rings (SSSR count). The van der Waals surface area contributed by atoms with Crippen LogP contribution in [0.3, 0.4) is 0 Å². The van der Waals surface area contributed by atoms with Crippen LogP contribution in [0.2, 0.25) is 0 Å². The van der Waals surface area contributed by atoms with Gasteiger partial charge in [0, 0.05) is 13.1 Å². The molecular weight excluding hydrogens is 344 g/mol. The third-order valence-corrected chi connectivity index (χ3v) is 3.58. The van der Waals surface area contributed by atoms with Crippen LogP contribution in [-0.4, -0.2) is 43.6 Å². The summed E-state index contributed by atoms with van der Waals surface area (Å²) in [5.41, 5.74) is 22.9. The molecule has 0 unspecified atom stereocenters. The molecule has 156 valence electrons. The van der Waals surface area contributed by atoms with E-state index in [1.54, 1.807) is 0 Å². The van der Waals surface area contributed by atoms with Crippen LogP contribution in [0.4, 0.5) is 0 Å². The fourth-order valence-corrected chi connectivity index (χ4v) is 2.08. The topological polar surface area (TPSA) is 178 Å². The van der Waals surface area contributed by atoms with Gasteiger partial charge in [-0.25, -0.2) is 9.98 Å². The minimum atomic E-state index is 0.0330. The van der Waals surface area contributed by atoms with Crippen molar-refractivity contribution < 1.29 is 0 Å². The van der Waals surface area contributed by atoms with E-state index in [-0.39, 0.29) is 30.5 Å². The van der Waals surface area contributed by atoms with E-state index in [9.17, 15) is 0 Å². The Balaban J connectivity index is 4.12. The molecule has 0 aliphatic rings. The van der Waals surface area contributed by atoms with E-state index in [2.05, 4.69) is 44.5 Å². The Hall–Kier alpha value is -2.52. The Bertz CT molecular complexity index is 452. The lowest BCUT2D eigenvalue weighted by Crippen LogP contribution is -2.42. The van der Waals surface area contributed by atoms with Crippen LogP contribution in [-0.2, 0) is 0 Å². The molecule has 27 heavy (non-hydrogen) atoms. The van der Waals surface area contributed by atoms with Gasteiger partial charge in [0.1, 0.15) is 6.67 Å². The maximum absolute atomic E-state index is 5.74. The van der Waals surface area contributed by atoms with Crippen LogP contribution in [0.15, 0.2) is 20.0 Å². The summed E-state index contributed by atoms with van der Waals surface area (Å²) in [4.78, 5) is 16.4. The van der Waals surface area contributed by atoms with E-state index < -0.39 is 0 Å². The summed E-state index contributed by atoms with van der Waals surface area (Å²) < 4.78 is 0. The van der Waals surface area contributed by atoms with E-state index >= 15 is 0 Å². The molecular formula is C17H38N10. The Labute approximate surface area is 163 Å². The molecule has 0 radical (unpaired) electrons. The number of aliphatic imine (C=N–C) groups is 4. The Kier molecular flexibility index (Phi) is 15.3. The summed E-state index contributed by atoms with van der Waals surface area (Å²) in [6, 6.07) is 0. The number of nitrogens with one attached hydrogen (secondary N) is 2. The van der Waals surface area contributed by atoms with Gasteiger partial charge in [0.15, 0.2) is 23.8 Å². The molecule has 0 amide bonds. The quantitative estimate of drug-likeness (QED) is 0.163. The van der Waals surface area contributed by atoms with Gasteiger partial charge in [-0.1, -0.05) is 52.4 Å². The highest BCUT2D eigenvalue weighted by Gasteiger charge is 1.97. The zero-order valence-corrected chi connectivity index (χ0v) is 16.9. The lowest BCUT2D eigenvalue weighted by Gasteiger charge is -2.05. The van der Waals surface area contributed by atoms with Gasteiger partial charge in [0.25, 0.3) is 0 Å². The molecule has 0 spiro atoms. The third-order valence-electron chi connectivity index (χ3n) is 3.58. The summed E-state index contributed by atoms with van der Waals surface area (Å²) in [6.45, 7) is 5.69. The first-order chi connectivity index (χ1) is 13.0. The Morgan fingerprint density at radius 1 is 0.556 bits per heavy atom. The van der Waals surface area contributed by atoms with Gasteiger partial charge in [0.2, 0.25) is 0 Å². The van der Waals surface area contributed by atoms with Gasteiger partial charge in [-0.15, -0.1) is 0 Å². The molecule has 0 aliphatic heterocycles. The van der Waals surface area contributed by atoms with Crippen LogP contribution < -0.4 is 33.6 Å². The summed E-state index contributed by atoms with van der Waals surface area (Å²) in [7, 11) is 0. The highest BCUT2D eigenvalue weighted by atomic mass is 15.2. The highest BCUT2D eigenvalue weighted by molar-refractivity contribution is 5.98. The maximum atomic E-state index is 5.74. The van der Waals surface area contributed by atoms with Crippen LogP contribution >= 0.6 is 0 Å². The molecule has 0 heterocycles. The fourth-order valence-electron chi connectivity index (χ4n) is 2.08. The first-order valence-corrected chi connectivity index (χ1v) is 9.73. The van der Waals surface area contributed by atoms with E-state index in [0.717, 1.165) is 25.7 Å². The summed E-state index contributed by atoms with van der Waals surface area (Å²) in [5, 5.41) is 5.41. The Morgan fingerprint density at radius 2 is 0.926 bits per heavy atom. The van der Waals surface area contributed by atoms with E-state index in [0.29, 0.717) is 13.1 Å². The molecule has 0 saturated heterocycles. The van der Waals surface area contributed by atoms with Crippen molar-refractivity contribution in [3.63, 3.8) is 0 Å². The lowest BCUT2D eigenvalue weighted by atomic mass is 10.2. The number of hydrogen-bond donors (Lipinski definition) is 6. The average Bonchev–Trinajstić information content (AvgIpc) is 2.61. The highest BCUT2D eigenvalue weighted by Crippen LogP contribution is 1.98. The SMILES string of the molecule is CCCCCCN=C(N)N/C(N)=N/C/N=C(\N)NC(N)=NCCCCCC. The van der Waals surface area contributed by atoms with Crippen molar-refractivity contribution in [2.24, 2.45) is 42.9 Å². The predicted molar refractivity (Wildman–Crippen MR) is 116 cm³/mol. The van der Waals surface area contributed by atoms with Crippen molar-refractivity contribution in [2.45, 2.75) is 65.2 Å². The van der Waals surface area contributed by atoms with Gasteiger partial charge < -0.3 is 22.9 Å². The maximum Gasteiger partial charge on any atom is 0.197 e. The van der Waals surface area contributed by atoms with Gasteiger partial charge >= 0.3 is 0 Å². The van der Waals surface area contributed by atoms with E-state index in [1.165, 1.54) is 25.7 Å². The van der Waals surface area contributed by atoms with Crippen LogP contribution in [0, 0.1) is 0 Å². The van der Waals surface area contributed by atoms with Crippen molar-refractivity contribution in [1.29, 1.82) is 0 Å². The summed E-state index contributed by atoms with van der Waals surface area (Å²) in [5.74, 6) is 0.724. The molecule has 0 atom stereocenters. The molecule has 10 N–H and O–H groups in total. The molecule has 0 aromatic heterocycles. The summed E-state index contributed by atoms with van der Waals surface area (Å²) in [6.07, 6.45) is 9.06. The van der Waals surface area contributed by atoms with Crippen LogP contribution in [0.5, 0.6) is 0 Å². The minimum Gasteiger partial charge on any atom is -0.370 e. The first-order valence-electron chi connectivity index (χ1n) is 9.73. The first kappa shape index (κ1) is 24.5. The molecule has 0 aromatic carbocycles. The van der Waals surface area contributed by atoms with E-state index in [1.807, 2.05) is 0 Å². The van der Waals surface area contributed by atoms with Gasteiger partial charge in [-0.3, -0.25) is 20.6 Å². The smallest absolute Gasteiger partial charge is 0.197 e. The second-order valence-electron chi connectivity index (χ2n) is 6.13. The zero-order chi connectivity index (χ0) is 20.3. The largest absolute Gasteiger partial charge is 0.370 e. The number of unbranched alkanes of at least 4 members (excludes halogenated alkanes) is 6. The summed E-state index contributed by atoms with van der Waals surface area (Å²) >= 11 is 0. The van der Waals surface area contributed by atoms with Crippen molar-refractivity contribution in [3.05, 3.63) is 0 Å². The monoisotopic (exact) mass is 382 g/mol. The fraction of sp³-hybridized carbons (Fsp3) is 0.765. The van der Waals surface area contributed by atoms with Crippen molar-refractivity contribution in [3.8, 4) is 0 Å². The van der Waals surface area contributed by atoms with E-state index in [4.69, 9.17) is 22.9 Å². The number of guanidine groups is 4. The third kappa shape index (κ3) is 16.7. The van der Waals surface area contributed by atoms with Crippen LogP contribution in [0.1, 0.15) is 65.2 Å². The van der Waals surface area contributed by atoms with Crippen molar-refractivity contribution in [1.82, 2.24) is 10.6 Å². The zero-order valence-electron chi connectivity index (χ0n) is 16.9. The Morgan fingerprint density at radius 3 is 1.30 bits per heavy atom.